The lowest BCUT2D eigenvalue weighted by molar-refractivity contribution is 0.0696. The molecule has 7 heteroatoms. The van der Waals surface area contributed by atoms with Crippen LogP contribution in [0.5, 0.6) is 5.75 Å². The second kappa shape index (κ2) is 7.37. The Balaban J connectivity index is 2.35. The number of ether oxygens (including phenoxy) is 1. The number of aliphatic hydroxyl groups excluding tert-OH is 2. The second-order valence-electron chi connectivity index (χ2n) is 5.46. The topological polar surface area (TPSA) is 113 Å². The Bertz CT molecular complexity index is 749. The molecule has 0 bridgehead atoms. The fraction of sp³-hybridized carbons (Fsp3) is 0.353. The number of aromatic carboxylic acids is 1. The van der Waals surface area contributed by atoms with Gasteiger partial charge in [0.15, 0.2) is 0 Å². The maximum atomic E-state index is 11.1. The number of carboxylic acid groups (broad SMARTS) is 1. The van der Waals surface area contributed by atoms with Crippen LogP contribution in [0.3, 0.4) is 0 Å². The number of hydrogen-bond donors (Lipinski definition) is 3. The van der Waals surface area contributed by atoms with Gasteiger partial charge in [0.25, 0.3) is 0 Å². The number of hydrogen-bond acceptors (Lipinski definition) is 6. The van der Waals surface area contributed by atoms with Crippen molar-refractivity contribution in [2.75, 3.05) is 0 Å². The molecule has 1 aromatic carbocycles. The number of aliphatic hydroxyl groups is 2. The zero-order valence-corrected chi connectivity index (χ0v) is 13.8. The lowest BCUT2D eigenvalue weighted by Gasteiger charge is -2.16. The summed E-state index contributed by atoms with van der Waals surface area (Å²) in [5.74, 6) is -0.869. The molecule has 0 amide bonds. The summed E-state index contributed by atoms with van der Waals surface area (Å²) in [5, 5.41) is 28.1. The van der Waals surface area contributed by atoms with Gasteiger partial charge in [-0.1, -0.05) is 0 Å². The molecule has 128 valence electrons. The molecule has 0 atom stereocenters. The molecule has 0 fully saturated rings. The number of aryl methyl sites for hydroxylation is 3. The van der Waals surface area contributed by atoms with Gasteiger partial charge in [-0.3, -0.25) is 9.97 Å². The Hall–Kier alpha value is -2.51. The monoisotopic (exact) mass is 332 g/mol. The van der Waals surface area contributed by atoms with Gasteiger partial charge < -0.3 is 20.1 Å². The van der Waals surface area contributed by atoms with Gasteiger partial charge in [-0.15, -0.1) is 0 Å². The van der Waals surface area contributed by atoms with E-state index in [-0.39, 0.29) is 17.9 Å². The van der Waals surface area contributed by atoms with Crippen LogP contribution in [0, 0.1) is 20.8 Å². The van der Waals surface area contributed by atoms with E-state index in [1.165, 1.54) is 12.1 Å². The highest BCUT2D eigenvalue weighted by molar-refractivity contribution is 5.88. The third-order valence-electron chi connectivity index (χ3n) is 3.76. The van der Waals surface area contributed by atoms with Crippen molar-refractivity contribution < 1.29 is 24.9 Å². The molecule has 0 aliphatic carbocycles. The van der Waals surface area contributed by atoms with Crippen LogP contribution in [0.1, 0.15) is 44.3 Å². The molecule has 0 spiro atoms. The van der Waals surface area contributed by atoms with Crippen molar-refractivity contribution in [3.63, 3.8) is 0 Å². The zero-order valence-electron chi connectivity index (χ0n) is 13.8. The molecule has 0 unspecified atom stereocenters. The van der Waals surface area contributed by atoms with Crippen molar-refractivity contribution in [3.8, 4) is 5.75 Å². The number of carbonyl (C=O) groups is 1. The summed E-state index contributed by atoms with van der Waals surface area (Å²) in [7, 11) is 0. The van der Waals surface area contributed by atoms with E-state index in [4.69, 9.17) is 9.84 Å². The smallest absolute Gasteiger partial charge is 0.335 e. The molecule has 0 aliphatic rings. The third-order valence-corrected chi connectivity index (χ3v) is 3.76. The summed E-state index contributed by atoms with van der Waals surface area (Å²) in [5.41, 5.74) is 3.60. The first kappa shape index (κ1) is 17.8. The lowest BCUT2D eigenvalue weighted by Crippen LogP contribution is -2.10. The van der Waals surface area contributed by atoms with Crippen molar-refractivity contribution in [1.29, 1.82) is 0 Å². The largest absolute Gasteiger partial charge is 0.486 e. The maximum Gasteiger partial charge on any atom is 0.335 e. The maximum absolute atomic E-state index is 11.1. The van der Waals surface area contributed by atoms with Gasteiger partial charge in [-0.05, 0) is 32.9 Å². The number of nitrogens with zero attached hydrogens (tertiary/aromatic N) is 2. The van der Waals surface area contributed by atoms with Crippen LogP contribution >= 0.6 is 0 Å². The molecule has 1 aromatic heterocycles. The summed E-state index contributed by atoms with van der Waals surface area (Å²) in [4.78, 5) is 19.9. The Morgan fingerprint density at radius 1 is 1.00 bits per heavy atom. The summed E-state index contributed by atoms with van der Waals surface area (Å²) in [6, 6.07) is 2.66. The molecule has 0 radical (unpaired) electrons. The molecule has 7 nitrogen and oxygen atoms in total. The Kier molecular flexibility index (Phi) is 5.48. The average molecular weight is 332 g/mol. The number of benzene rings is 1. The molecule has 2 aromatic rings. The average Bonchev–Trinajstić information content (AvgIpc) is 2.56. The minimum atomic E-state index is -1.14. The first-order valence-corrected chi connectivity index (χ1v) is 7.41. The Labute approximate surface area is 139 Å². The Morgan fingerprint density at radius 3 is 2.04 bits per heavy atom. The first-order chi connectivity index (χ1) is 11.4. The molecule has 3 N–H and O–H groups in total. The molecular formula is C17H20N2O5. The SMILES string of the molecule is Cc1nc(C)c(COc2c(CO)cc(C(=O)O)cc2CO)nc1C. The van der Waals surface area contributed by atoms with Gasteiger partial charge >= 0.3 is 5.97 Å². The van der Waals surface area contributed by atoms with E-state index < -0.39 is 19.2 Å². The van der Waals surface area contributed by atoms with E-state index in [1.54, 1.807) is 0 Å². The van der Waals surface area contributed by atoms with E-state index in [9.17, 15) is 15.0 Å². The minimum absolute atomic E-state index is 0.0161. The van der Waals surface area contributed by atoms with Crippen LogP contribution in [0.15, 0.2) is 12.1 Å². The van der Waals surface area contributed by atoms with E-state index in [0.29, 0.717) is 16.8 Å². The van der Waals surface area contributed by atoms with Crippen molar-refractivity contribution in [2.45, 2.75) is 40.6 Å². The van der Waals surface area contributed by atoms with Gasteiger partial charge in [0, 0.05) is 11.1 Å². The lowest BCUT2D eigenvalue weighted by atomic mass is 10.0. The Morgan fingerprint density at radius 2 is 1.54 bits per heavy atom. The number of rotatable bonds is 6. The quantitative estimate of drug-likeness (QED) is 0.737. The summed E-state index contributed by atoms with van der Waals surface area (Å²) >= 11 is 0. The van der Waals surface area contributed by atoms with Crippen molar-refractivity contribution in [2.24, 2.45) is 0 Å². The van der Waals surface area contributed by atoms with Crippen LogP contribution in [-0.4, -0.2) is 31.3 Å². The fourth-order valence-corrected chi connectivity index (χ4v) is 2.34. The van der Waals surface area contributed by atoms with Crippen LogP contribution in [0.25, 0.3) is 0 Å². The normalized spacial score (nSPS) is 10.7. The second-order valence-corrected chi connectivity index (χ2v) is 5.46. The summed E-state index contributed by atoms with van der Waals surface area (Å²) in [6.45, 7) is 4.85. The molecule has 0 saturated heterocycles. The van der Waals surface area contributed by atoms with Gasteiger partial charge in [-0.2, -0.15) is 0 Å². The molecule has 24 heavy (non-hydrogen) atoms. The van der Waals surface area contributed by atoms with Crippen LogP contribution in [0.4, 0.5) is 0 Å². The van der Waals surface area contributed by atoms with Gasteiger partial charge in [0.05, 0.1) is 41.6 Å². The molecule has 0 aliphatic heterocycles. The predicted octanol–water partition coefficient (Wildman–Crippen LogP) is 1.66. The summed E-state index contributed by atoms with van der Waals surface area (Å²) in [6.07, 6.45) is 0. The van der Waals surface area contributed by atoms with E-state index in [2.05, 4.69) is 9.97 Å². The van der Waals surface area contributed by atoms with E-state index >= 15 is 0 Å². The zero-order chi connectivity index (χ0) is 17.9. The first-order valence-electron chi connectivity index (χ1n) is 7.41. The van der Waals surface area contributed by atoms with Crippen LogP contribution in [0.2, 0.25) is 0 Å². The molecule has 0 saturated carbocycles. The highest BCUT2D eigenvalue weighted by atomic mass is 16.5. The standard InChI is InChI=1S/C17H20N2O5/c1-9-10(2)19-15(11(3)18-9)8-24-16-13(6-20)4-12(17(22)23)5-14(16)7-21/h4-5,20-21H,6-8H2,1-3H3,(H,22,23). The highest BCUT2D eigenvalue weighted by Gasteiger charge is 2.16. The van der Waals surface area contributed by atoms with E-state index in [0.717, 1.165) is 17.1 Å². The van der Waals surface area contributed by atoms with Gasteiger partial charge in [0.1, 0.15) is 12.4 Å². The van der Waals surface area contributed by atoms with Gasteiger partial charge in [-0.25, -0.2) is 4.79 Å². The molecule has 2 rings (SSSR count). The number of aromatic nitrogens is 2. The third kappa shape index (κ3) is 3.69. The van der Waals surface area contributed by atoms with Gasteiger partial charge in [0.2, 0.25) is 0 Å². The predicted molar refractivity (Wildman–Crippen MR) is 85.8 cm³/mol. The van der Waals surface area contributed by atoms with Crippen LogP contribution in [-0.2, 0) is 19.8 Å². The highest BCUT2D eigenvalue weighted by Crippen LogP contribution is 2.28. The van der Waals surface area contributed by atoms with Crippen molar-refractivity contribution in [3.05, 3.63) is 51.6 Å². The summed E-state index contributed by atoms with van der Waals surface area (Å²) < 4.78 is 5.73. The van der Waals surface area contributed by atoms with E-state index in [1.807, 2.05) is 20.8 Å². The number of carboxylic acids is 1. The minimum Gasteiger partial charge on any atom is -0.486 e. The van der Waals surface area contributed by atoms with Crippen molar-refractivity contribution >= 4 is 5.97 Å². The fourth-order valence-electron chi connectivity index (χ4n) is 2.34. The van der Waals surface area contributed by atoms with Crippen molar-refractivity contribution in [1.82, 2.24) is 9.97 Å². The molecular weight excluding hydrogens is 312 g/mol. The van der Waals surface area contributed by atoms with Crippen LogP contribution < -0.4 is 4.74 Å². The molecule has 1 heterocycles.